The maximum atomic E-state index is 13.5. The molecule has 148 valence electrons. The van der Waals surface area contributed by atoms with Gasteiger partial charge < -0.3 is 9.31 Å². The number of para-hydroxylation sites is 2. The van der Waals surface area contributed by atoms with Crippen molar-refractivity contribution < 1.29 is 9.31 Å². The number of pyridine rings is 1. The van der Waals surface area contributed by atoms with Gasteiger partial charge >= 0.3 is 7.12 Å². The lowest BCUT2D eigenvalue weighted by atomic mass is 9.75. The van der Waals surface area contributed by atoms with Gasteiger partial charge in [-0.2, -0.15) is 0 Å². The highest BCUT2D eigenvalue weighted by atomic mass is 16.7. The average Bonchev–Trinajstić information content (AvgIpc) is 3.20. The molecule has 5 aromatic rings. The lowest BCUT2D eigenvalue weighted by Crippen LogP contribution is -2.41. The summed E-state index contributed by atoms with van der Waals surface area (Å²) in [5.74, 6) is 0. The lowest BCUT2D eigenvalue weighted by molar-refractivity contribution is 0.00578. The molecule has 0 bridgehead atoms. The second-order valence-electron chi connectivity index (χ2n) is 9.08. The van der Waals surface area contributed by atoms with Crippen molar-refractivity contribution >= 4 is 50.8 Å². The van der Waals surface area contributed by atoms with Crippen LogP contribution >= 0.6 is 0 Å². The van der Waals surface area contributed by atoms with Crippen LogP contribution in [0.3, 0.4) is 0 Å². The van der Waals surface area contributed by atoms with Crippen LogP contribution in [0.1, 0.15) is 27.7 Å². The Labute approximate surface area is 173 Å². The highest BCUT2D eigenvalue weighted by Crippen LogP contribution is 2.38. The van der Waals surface area contributed by atoms with Gasteiger partial charge in [-0.3, -0.25) is 9.20 Å². The molecule has 0 aliphatic carbocycles. The molecule has 0 spiro atoms. The van der Waals surface area contributed by atoms with Crippen LogP contribution in [0.15, 0.2) is 59.4 Å². The van der Waals surface area contributed by atoms with E-state index in [1.807, 2.05) is 82.3 Å². The molecule has 3 heterocycles. The molecule has 0 N–H and O–H groups in total. The second-order valence-corrected chi connectivity index (χ2v) is 9.08. The summed E-state index contributed by atoms with van der Waals surface area (Å²) in [5.41, 5.74) is 2.36. The summed E-state index contributed by atoms with van der Waals surface area (Å²) in [4.78, 5) is 18.2. The van der Waals surface area contributed by atoms with E-state index in [4.69, 9.17) is 14.3 Å². The molecule has 0 atom stereocenters. The van der Waals surface area contributed by atoms with E-state index in [0.29, 0.717) is 11.0 Å². The van der Waals surface area contributed by atoms with E-state index in [-0.39, 0.29) is 5.56 Å². The minimum Gasteiger partial charge on any atom is -0.399 e. The molecular formula is C24H21BN2O3. The Kier molecular flexibility index (Phi) is 3.33. The van der Waals surface area contributed by atoms with E-state index >= 15 is 0 Å². The van der Waals surface area contributed by atoms with Crippen LogP contribution in [0, 0.1) is 0 Å². The van der Waals surface area contributed by atoms with Crippen LogP contribution in [0.2, 0.25) is 0 Å². The maximum Gasteiger partial charge on any atom is 0.495 e. The Balaban J connectivity index is 1.71. The van der Waals surface area contributed by atoms with Crippen LogP contribution in [0.5, 0.6) is 0 Å². The fourth-order valence-corrected chi connectivity index (χ4v) is 4.50. The summed E-state index contributed by atoms with van der Waals surface area (Å²) < 4.78 is 14.3. The Bertz CT molecular complexity index is 1520. The highest BCUT2D eigenvalue weighted by Gasteiger charge is 2.52. The molecule has 1 saturated heterocycles. The van der Waals surface area contributed by atoms with Gasteiger partial charge in [-0.05, 0) is 56.7 Å². The number of imidazole rings is 1. The first kappa shape index (κ1) is 17.9. The second kappa shape index (κ2) is 5.59. The number of hydrogen-bond donors (Lipinski definition) is 0. The Morgan fingerprint density at radius 1 is 0.833 bits per heavy atom. The fraction of sp³-hybridized carbons (Fsp3) is 0.250. The van der Waals surface area contributed by atoms with Gasteiger partial charge in [-0.25, -0.2) is 4.98 Å². The van der Waals surface area contributed by atoms with E-state index in [2.05, 4.69) is 0 Å². The van der Waals surface area contributed by atoms with Crippen LogP contribution < -0.4 is 11.0 Å². The summed E-state index contributed by atoms with van der Waals surface area (Å²) in [6.45, 7) is 8.18. The molecule has 6 heteroatoms. The van der Waals surface area contributed by atoms with Crippen LogP contribution in [-0.2, 0) is 9.31 Å². The minimum atomic E-state index is -0.491. The third kappa shape index (κ3) is 2.15. The van der Waals surface area contributed by atoms with Crippen LogP contribution in [-0.4, -0.2) is 27.7 Å². The third-order valence-corrected chi connectivity index (χ3v) is 6.82. The van der Waals surface area contributed by atoms with Crippen molar-refractivity contribution in [2.45, 2.75) is 38.9 Å². The van der Waals surface area contributed by atoms with Crippen molar-refractivity contribution in [1.82, 2.24) is 9.38 Å². The van der Waals surface area contributed by atoms with E-state index in [1.54, 1.807) is 4.40 Å². The quantitative estimate of drug-likeness (QED) is 0.404. The van der Waals surface area contributed by atoms with Gasteiger partial charge in [-0.15, -0.1) is 0 Å². The van der Waals surface area contributed by atoms with Crippen LogP contribution in [0.25, 0.3) is 38.2 Å². The predicted molar refractivity (Wildman–Crippen MR) is 121 cm³/mol. The molecule has 5 nitrogen and oxygen atoms in total. The lowest BCUT2D eigenvalue weighted by Gasteiger charge is -2.32. The highest BCUT2D eigenvalue weighted by molar-refractivity contribution is 6.65. The summed E-state index contributed by atoms with van der Waals surface area (Å²) in [6.07, 6.45) is 0. The zero-order valence-electron chi connectivity index (χ0n) is 17.4. The molecular weight excluding hydrogens is 375 g/mol. The van der Waals surface area contributed by atoms with Crippen molar-refractivity contribution in [3.63, 3.8) is 0 Å². The van der Waals surface area contributed by atoms with Crippen molar-refractivity contribution in [3.8, 4) is 0 Å². The molecule has 2 aromatic heterocycles. The molecule has 3 aromatic carbocycles. The van der Waals surface area contributed by atoms with E-state index < -0.39 is 18.3 Å². The fourth-order valence-electron chi connectivity index (χ4n) is 4.50. The normalized spacial score (nSPS) is 18.3. The van der Waals surface area contributed by atoms with E-state index in [0.717, 1.165) is 32.7 Å². The van der Waals surface area contributed by atoms with Gasteiger partial charge in [0.15, 0.2) is 0 Å². The van der Waals surface area contributed by atoms with Crippen LogP contribution in [0.4, 0.5) is 0 Å². The zero-order valence-corrected chi connectivity index (χ0v) is 17.4. The number of fused-ring (bicyclic) bond motifs is 4. The first-order valence-electron chi connectivity index (χ1n) is 10.2. The van der Waals surface area contributed by atoms with Gasteiger partial charge in [0.25, 0.3) is 5.56 Å². The molecule has 1 aliphatic heterocycles. The molecule has 0 amide bonds. The molecule has 6 rings (SSSR count). The largest absolute Gasteiger partial charge is 0.495 e. The van der Waals surface area contributed by atoms with Gasteiger partial charge in [0.05, 0.1) is 22.2 Å². The number of benzene rings is 3. The SMILES string of the molecule is CC1(C)OB(c2ccc3c(=O)n4c5ccccc5nc4c4cccc2c34)OC1(C)C. The molecule has 30 heavy (non-hydrogen) atoms. The summed E-state index contributed by atoms with van der Waals surface area (Å²) >= 11 is 0. The third-order valence-electron chi connectivity index (χ3n) is 6.82. The predicted octanol–water partition coefficient (Wildman–Crippen LogP) is 3.89. The Morgan fingerprint density at radius 3 is 2.30 bits per heavy atom. The van der Waals surface area contributed by atoms with Gasteiger partial charge in [0.2, 0.25) is 0 Å². The van der Waals surface area contributed by atoms with Gasteiger partial charge in [-0.1, -0.05) is 36.4 Å². The summed E-state index contributed by atoms with van der Waals surface area (Å²) in [7, 11) is -0.491. The average molecular weight is 396 g/mol. The number of nitrogens with zero attached hydrogens (tertiary/aromatic N) is 2. The summed E-state index contributed by atoms with van der Waals surface area (Å²) in [5, 5.41) is 3.51. The van der Waals surface area contributed by atoms with Gasteiger partial charge in [0, 0.05) is 16.2 Å². The van der Waals surface area contributed by atoms with Gasteiger partial charge in [0.1, 0.15) is 5.65 Å². The smallest absolute Gasteiger partial charge is 0.399 e. The Morgan fingerprint density at radius 2 is 1.53 bits per heavy atom. The zero-order chi connectivity index (χ0) is 20.8. The van der Waals surface area contributed by atoms with Crippen molar-refractivity contribution in [1.29, 1.82) is 0 Å². The van der Waals surface area contributed by atoms with E-state index in [9.17, 15) is 4.79 Å². The summed E-state index contributed by atoms with van der Waals surface area (Å²) in [6, 6.07) is 17.7. The van der Waals surface area contributed by atoms with Crippen molar-refractivity contribution in [2.24, 2.45) is 0 Å². The maximum absolute atomic E-state index is 13.5. The molecule has 1 aliphatic rings. The van der Waals surface area contributed by atoms with E-state index in [1.165, 1.54) is 0 Å². The molecule has 0 saturated carbocycles. The van der Waals surface area contributed by atoms with Crippen molar-refractivity contribution in [2.75, 3.05) is 0 Å². The minimum absolute atomic E-state index is 0.0529. The molecule has 0 unspecified atom stereocenters. The number of rotatable bonds is 1. The topological polar surface area (TPSA) is 52.8 Å². The first-order chi connectivity index (χ1) is 14.3. The number of aromatic nitrogens is 2. The Hall–Kier alpha value is -2.96. The van der Waals surface area contributed by atoms with Crippen molar-refractivity contribution in [3.05, 3.63) is 65.0 Å². The molecule has 1 fully saturated rings. The first-order valence-corrected chi connectivity index (χ1v) is 10.2. The number of hydrogen-bond acceptors (Lipinski definition) is 4. The monoisotopic (exact) mass is 396 g/mol. The standard InChI is InChI=1S/C24H21BN2O3/c1-23(2)24(3,4)30-25(29-23)17-13-12-16-20-14(17)8-7-9-15(20)21-26-18-10-5-6-11-19(18)27(21)22(16)28/h5-13H,1-4H3. The molecule has 0 radical (unpaired) electrons.